The normalized spacial score (nSPS) is 11.7. The third kappa shape index (κ3) is 7.31. The summed E-state index contributed by atoms with van der Waals surface area (Å²) >= 11 is 5.51. The molecule has 1 aromatic carbocycles. The van der Waals surface area contributed by atoms with Crippen molar-refractivity contribution in [2.45, 2.75) is 32.8 Å². The van der Waals surface area contributed by atoms with E-state index >= 15 is 0 Å². The van der Waals surface area contributed by atoms with Gasteiger partial charge in [-0.1, -0.05) is 0 Å². The van der Waals surface area contributed by atoms with Crippen LogP contribution in [0.25, 0.3) is 0 Å². The summed E-state index contributed by atoms with van der Waals surface area (Å²) in [6, 6.07) is 3.88. The standard InChI is InChI=1S/C16H22ClNO6S/c1-16(2,3)24-15(20)12-8-11(14(19)23-4)9-13(10-12)18-25(21,22)7-5-6-17/h8-10,18H,5-7H2,1-4H3. The van der Waals surface area contributed by atoms with E-state index in [4.69, 9.17) is 16.3 Å². The number of sulfonamides is 1. The minimum Gasteiger partial charge on any atom is -0.465 e. The molecule has 0 fully saturated rings. The molecule has 140 valence electrons. The van der Waals surface area contributed by atoms with E-state index in [1.165, 1.54) is 25.3 Å². The number of halogens is 1. The first-order chi connectivity index (χ1) is 11.5. The smallest absolute Gasteiger partial charge is 0.338 e. The Morgan fingerprint density at radius 3 is 2.16 bits per heavy atom. The van der Waals surface area contributed by atoms with Crippen molar-refractivity contribution in [2.24, 2.45) is 0 Å². The van der Waals surface area contributed by atoms with E-state index in [9.17, 15) is 18.0 Å². The zero-order valence-electron chi connectivity index (χ0n) is 14.6. The van der Waals surface area contributed by atoms with Crippen LogP contribution in [0, 0.1) is 0 Å². The summed E-state index contributed by atoms with van der Waals surface area (Å²) < 4.78 is 36.3. The number of carbonyl (C=O) groups excluding carboxylic acids is 2. The summed E-state index contributed by atoms with van der Waals surface area (Å²) in [5.41, 5.74) is -0.606. The molecule has 0 saturated heterocycles. The Hall–Kier alpha value is -1.80. The zero-order valence-corrected chi connectivity index (χ0v) is 16.2. The van der Waals surface area contributed by atoms with Gasteiger partial charge in [0, 0.05) is 5.88 Å². The maximum absolute atomic E-state index is 12.2. The van der Waals surface area contributed by atoms with Crippen molar-refractivity contribution in [1.82, 2.24) is 0 Å². The first-order valence-electron chi connectivity index (χ1n) is 7.50. The van der Waals surface area contributed by atoms with Gasteiger partial charge in [0.1, 0.15) is 5.60 Å². The quantitative estimate of drug-likeness (QED) is 0.566. The number of carbonyl (C=O) groups is 2. The van der Waals surface area contributed by atoms with Crippen LogP contribution >= 0.6 is 11.6 Å². The van der Waals surface area contributed by atoms with Gasteiger partial charge in [-0.2, -0.15) is 0 Å². The van der Waals surface area contributed by atoms with Crippen LogP contribution in [-0.4, -0.2) is 44.7 Å². The second-order valence-corrected chi connectivity index (χ2v) is 8.48. The van der Waals surface area contributed by atoms with Gasteiger partial charge in [-0.15, -0.1) is 11.6 Å². The van der Waals surface area contributed by atoms with Crippen molar-refractivity contribution in [2.75, 3.05) is 23.5 Å². The lowest BCUT2D eigenvalue weighted by Crippen LogP contribution is -2.24. The van der Waals surface area contributed by atoms with Crippen LogP contribution in [0.4, 0.5) is 5.69 Å². The molecule has 0 aliphatic rings. The Kier molecular flexibility index (Phi) is 7.25. The lowest BCUT2D eigenvalue weighted by Gasteiger charge is -2.20. The van der Waals surface area contributed by atoms with Crippen molar-refractivity contribution in [3.63, 3.8) is 0 Å². The van der Waals surface area contributed by atoms with Crippen molar-refractivity contribution < 1.29 is 27.5 Å². The van der Waals surface area contributed by atoms with Gasteiger partial charge in [0.15, 0.2) is 0 Å². The number of ether oxygens (including phenoxy) is 2. The molecular formula is C16H22ClNO6S. The summed E-state index contributed by atoms with van der Waals surface area (Å²) in [6.07, 6.45) is 0.270. The van der Waals surface area contributed by atoms with E-state index < -0.39 is 27.6 Å². The van der Waals surface area contributed by atoms with Gasteiger partial charge in [-0.05, 0) is 45.4 Å². The van der Waals surface area contributed by atoms with Gasteiger partial charge in [0.25, 0.3) is 0 Å². The van der Waals surface area contributed by atoms with Crippen LogP contribution in [0.2, 0.25) is 0 Å². The SMILES string of the molecule is COC(=O)c1cc(NS(=O)(=O)CCCCl)cc(C(=O)OC(C)(C)C)c1. The molecule has 0 bridgehead atoms. The highest BCUT2D eigenvalue weighted by atomic mass is 35.5. The molecule has 0 unspecified atom stereocenters. The van der Waals surface area contributed by atoms with Crippen molar-refractivity contribution in [3.05, 3.63) is 29.3 Å². The van der Waals surface area contributed by atoms with Crippen molar-refractivity contribution in [1.29, 1.82) is 0 Å². The molecule has 1 aromatic rings. The largest absolute Gasteiger partial charge is 0.465 e. The molecule has 7 nitrogen and oxygen atoms in total. The Morgan fingerprint density at radius 1 is 1.12 bits per heavy atom. The third-order valence-corrected chi connectivity index (χ3v) is 4.45. The fourth-order valence-electron chi connectivity index (χ4n) is 1.85. The molecule has 0 spiro atoms. The minimum absolute atomic E-state index is 0.0286. The molecule has 1 rings (SSSR count). The number of rotatable bonds is 7. The molecular weight excluding hydrogens is 370 g/mol. The van der Waals surface area contributed by atoms with E-state index in [0.29, 0.717) is 0 Å². The summed E-state index contributed by atoms with van der Waals surface area (Å²) in [4.78, 5) is 24.0. The number of nitrogens with one attached hydrogen (secondary N) is 1. The van der Waals surface area contributed by atoms with E-state index in [1.807, 2.05) is 0 Å². The van der Waals surface area contributed by atoms with E-state index in [-0.39, 0.29) is 34.9 Å². The van der Waals surface area contributed by atoms with E-state index in [2.05, 4.69) is 9.46 Å². The lowest BCUT2D eigenvalue weighted by molar-refractivity contribution is 0.00695. The average Bonchev–Trinajstić information content (AvgIpc) is 2.49. The number of hydrogen-bond acceptors (Lipinski definition) is 6. The molecule has 0 saturated carbocycles. The van der Waals surface area contributed by atoms with Gasteiger partial charge < -0.3 is 9.47 Å². The van der Waals surface area contributed by atoms with Crippen LogP contribution in [-0.2, 0) is 19.5 Å². The average molecular weight is 392 g/mol. The second kappa shape index (κ2) is 8.53. The number of methoxy groups -OCH3 is 1. The Morgan fingerprint density at radius 2 is 1.68 bits per heavy atom. The molecule has 0 atom stereocenters. The van der Waals surface area contributed by atoms with Gasteiger partial charge in [-0.3, -0.25) is 4.72 Å². The fourth-order valence-corrected chi connectivity index (χ4v) is 3.25. The number of esters is 2. The molecule has 0 heterocycles. The number of benzene rings is 1. The summed E-state index contributed by atoms with van der Waals surface area (Å²) in [5, 5.41) is 0. The molecule has 0 radical (unpaired) electrons. The van der Waals surface area contributed by atoms with E-state index in [0.717, 1.165) is 0 Å². The van der Waals surface area contributed by atoms with Crippen LogP contribution in [0.5, 0.6) is 0 Å². The fraction of sp³-hybridized carbons (Fsp3) is 0.500. The predicted octanol–water partition coefficient (Wildman–Crippen LogP) is 2.80. The predicted molar refractivity (Wildman–Crippen MR) is 95.7 cm³/mol. The van der Waals surface area contributed by atoms with Crippen LogP contribution < -0.4 is 4.72 Å². The van der Waals surface area contributed by atoms with Crippen molar-refractivity contribution in [3.8, 4) is 0 Å². The van der Waals surface area contributed by atoms with Crippen LogP contribution in [0.3, 0.4) is 0 Å². The topological polar surface area (TPSA) is 98.8 Å². The zero-order chi connectivity index (χ0) is 19.3. The Labute approximate surface area is 152 Å². The third-order valence-electron chi connectivity index (χ3n) is 2.81. The number of hydrogen-bond donors (Lipinski definition) is 1. The minimum atomic E-state index is -3.66. The Bertz CT molecular complexity index is 739. The summed E-state index contributed by atoms with van der Waals surface area (Å²) in [7, 11) is -2.47. The molecule has 25 heavy (non-hydrogen) atoms. The molecule has 0 aliphatic carbocycles. The van der Waals surface area contributed by atoms with Gasteiger partial charge in [-0.25, -0.2) is 18.0 Å². The van der Waals surface area contributed by atoms with Gasteiger partial charge >= 0.3 is 11.9 Å². The van der Waals surface area contributed by atoms with Crippen LogP contribution in [0.15, 0.2) is 18.2 Å². The highest BCUT2D eigenvalue weighted by Crippen LogP contribution is 2.20. The maximum atomic E-state index is 12.2. The maximum Gasteiger partial charge on any atom is 0.338 e. The molecule has 0 aromatic heterocycles. The highest BCUT2D eigenvalue weighted by molar-refractivity contribution is 7.92. The lowest BCUT2D eigenvalue weighted by atomic mass is 10.1. The van der Waals surface area contributed by atoms with Gasteiger partial charge in [0.2, 0.25) is 10.0 Å². The monoisotopic (exact) mass is 391 g/mol. The summed E-state index contributed by atoms with van der Waals surface area (Å²) in [6.45, 7) is 5.10. The van der Waals surface area contributed by atoms with Crippen LogP contribution in [0.1, 0.15) is 47.9 Å². The first-order valence-corrected chi connectivity index (χ1v) is 9.69. The molecule has 0 aliphatic heterocycles. The van der Waals surface area contributed by atoms with Crippen molar-refractivity contribution >= 4 is 39.3 Å². The first kappa shape index (κ1) is 21.2. The molecule has 9 heteroatoms. The molecule has 0 amide bonds. The van der Waals surface area contributed by atoms with Gasteiger partial charge in [0.05, 0.1) is 29.7 Å². The number of alkyl halides is 1. The van der Waals surface area contributed by atoms with E-state index in [1.54, 1.807) is 20.8 Å². The number of anilines is 1. The Balaban J connectivity index is 3.22. The molecule has 1 N–H and O–H groups in total. The highest BCUT2D eigenvalue weighted by Gasteiger charge is 2.21. The summed E-state index contributed by atoms with van der Waals surface area (Å²) in [5.74, 6) is -1.36. The second-order valence-electron chi connectivity index (χ2n) is 6.26.